The van der Waals surface area contributed by atoms with E-state index < -0.39 is 24.5 Å². The highest BCUT2D eigenvalue weighted by Crippen LogP contribution is 2.32. The van der Waals surface area contributed by atoms with Gasteiger partial charge in [0, 0.05) is 28.6 Å². The first-order chi connectivity index (χ1) is 12.7. The molecule has 0 atom stereocenters. The van der Waals surface area contributed by atoms with Crippen molar-refractivity contribution < 1.29 is 22.8 Å². The highest BCUT2D eigenvalue weighted by molar-refractivity contribution is 5.99. The molecule has 8 heteroatoms. The number of H-pyrrole nitrogens is 1. The first-order valence-electron chi connectivity index (χ1n) is 9.04. The highest BCUT2D eigenvalue weighted by Gasteiger charge is 2.27. The van der Waals surface area contributed by atoms with E-state index in [1.165, 1.54) is 11.3 Å². The van der Waals surface area contributed by atoms with Crippen LogP contribution in [0, 0.1) is 0 Å². The second kappa shape index (κ2) is 7.62. The monoisotopic (exact) mass is 381 g/mol. The van der Waals surface area contributed by atoms with Gasteiger partial charge in [0.15, 0.2) is 0 Å². The molecule has 1 aromatic carbocycles. The fourth-order valence-corrected chi connectivity index (χ4v) is 3.65. The van der Waals surface area contributed by atoms with E-state index in [-0.39, 0.29) is 6.42 Å². The molecule has 5 nitrogen and oxygen atoms in total. The third kappa shape index (κ3) is 4.61. The van der Waals surface area contributed by atoms with Crippen LogP contribution in [0.1, 0.15) is 52.9 Å². The number of fused-ring (bicyclic) bond motifs is 3. The normalized spacial score (nSPS) is 14.2. The van der Waals surface area contributed by atoms with E-state index in [9.17, 15) is 22.8 Å². The zero-order valence-electron chi connectivity index (χ0n) is 14.8. The Balaban J connectivity index is 1.76. The number of halogens is 3. The van der Waals surface area contributed by atoms with Crippen LogP contribution in [-0.2, 0) is 24.1 Å². The summed E-state index contributed by atoms with van der Waals surface area (Å²) < 4.78 is 36.4. The van der Waals surface area contributed by atoms with E-state index in [4.69, 9.17) is 5.73 Å². The van der Waals surface area contributed by atoms with Crippen LogP contribution in [0.15, 0.2) is 12.1 Å². The average molecular weight is 381 g/mol. The number of primary amides is 1. The molecular weight excluding hydrogens is 359 g/mol. The predicted molar refractivity (Wildman–Crippen MR) is 95.5 cm³/mol. The lowest BCUT2D eigenvalue weighted by Crippen LogP contribution is -2.33. The Labute approximate surface area is 154 Å². The number of aryl methyl sites for hydroxylation is 3. The van der Waals surface area contributed by atoms with Crippen molar-refractivity contribution >= 4 is 22.7 Å². The van der Waals surface area contributed by atoms with Gasteiger partial charge in [-0.15, -0.1) is 0 Å². The molecule has 1 aliphatic rings. The molecule has 2 amide bonds. The smallest absolute Gasteiger partial charge is 0.366 e. The summed E-state index contributed by atoms with van der Waals surface area (Å²) in [6.45, 7) is -1.32. The van der Waals surface area contributed by atoms with Gasteiger partial charge in [-0.2, -0.15) is 13.2 Å². The molecule has 1 aliphatic carbocycles. The van der Waals surface area contributed by atoms with E-state index in [0.29, 0.717) is 18.4 Å². The van der Waals surface area contributed by atoms with Gasteiger partial charge in [0.05, 0.1) is 0 Å². The maximum absolute atomic E-state index is 12.1. The molecule has 1 heterocycles. The number of carbonyl (C=O) groups excluding carboxylic acids is 2. The summed E-state index contributed by atoms with van der Waals surface area (Å²) in [6.07, 6.45) is 0.514. The SMILES string of the molecule is NC(=O)c1cc(CCCC(=O)NCC(F)(F)F)c2[nH]c3c(c2c1)CCCC3. The molecule has 4 N–H and O–H groups in total. The van der Waals surface area contributed by atoms with Crippen LogP contribution < -0.4 is 11.1 Å². The number of nitrogens with one attached hydrogen (secondary N) is 2. The van der Waals surface area contributed by atoms with Gasteiger partial charge in [0.25, 0.3) is 0 Å². The fraction of sp³-hybridized carbons (Fsp3) is 0.474. The topological polar surface area (TPSA) is 88.0 Å². The van der Waals surface area contributed by atoms with E-state index in [0.717, 1.165) is 42.1 Å². The maximum Gasteiger partial charge on any atom is 0.405 e. The summed E-state index contributed by atoms with van der Waals surface area (Å²) in [6, 6.07) is 3.51. The molecule has 0 spiro atoms. The number of aromatic nitrogens is 1. The van der Waals surface area contributed by atoms with Gasteiger partial charge in [-0.3, -0.25) is 9.59 Å². The van der Waals surface area contributed by atoms with Crippen molar-refractivity contribution in [2.75, 3.05) is 6.54 Å². The summed E-state index contributed by atoms with van der Waals surface area (Å²) >= 11 is 0. The van der Waals surface area contributed by atoms with Crippen LogP contribution in [0.25, 0.3) is 10.9 Å². The Morgan fingerprint density at radius 3 is 2.63 bits per heavy atom. The number of alkyl halides is 3. The van der Waals surface area contributed by atoms with Crippen LogP contribution in [0.5, 0.6) is 0 Å². The summed E-state index contributed by atoms with van der Waals surface area (Å²) in [5, 5.41) is 2.85. The van der Waals surface area contributed by atoms with Crippen molar-refractivity contribution in [1.82, 2.24) is 10.3 Å². The highest BCUT2D eigenvalue weighted by atomic mass is 19.4. The van der Waals surface area contributed by atoms with Crippen molar-refractivity contribution in [2.45, 2.75) is 51.1 Å². The number of aromatic amines is 1. The zero-order chi connectivity index (χ0) is 19.6. The molecule has 27 heavy (non-hydrogen) atoms. The minimum Gasteiger partial charge on any atom is -0.366 e. The quantitative estimate of drug-likeness (QED) is 0.718. The first kappa shape index (κ1) is 19.3. The minimum atomic E-state index is -4.42. The van der Waals surface area contributed by atoms with Crippen molar-refractivity contribution in [1.29, 1.82) is 0 Å². The Hall–Kier alpha value is -2.51. The van der Waals surface area contributed by atoms with Crippen LogP contribution in [0.4, 0.5) is 13.2 Å². The minimum absolute atomic E-state index is 0.0151. The summed E-state index contributed by atoms with van der Waals surface area (Å²) in [7, 11) is 0. The van der Waals surface area contributed by atoms with E-state index in [2.05, 4.69) is 4.98 Å². The molecule has 0 radical (unpaired) electrons. The first-order valence-corrected chi connectivity index (χ1v) is 9.04. The summed E-state index contributed by atoms with van der Waals surface area (Å²) in [5.74, 6) is -1.16. The number of nitrogens with two attached hydrogens (primary N) is 1. The van der Waals surface area contributed by atoms with Gasteiger partial charge in [0.1, 0.15) is 6.54 Å². The Kier molecular flexibility index (Phi) is 5.43. The maximum atomic E-state index is 12.1. The lowest BCUT2D eigenvalue weighted by Gasteiger charge is -2.11. The molecule has 0 fully saturated rings. The van der Waals surface area contributed by atoms with Gasteiger partial charge < -0.3 is 16.0 Å². The van der Waals surface area contributed by atoms with Gasteiger partial charge in [-0.05, 0) is 61.8 Å². The van der Waals surface area contributed by atoms with Crippen molar-refractivity contribution in [3.05, 3.63) is 34.5 Å². The molecule has 146 valence electrons. The lowest BCUT2D eigenvalue weighted by atomic mass is 9.93. The van der Waals surface area contributed by atoms with Crippen LogP contribution in [-0.4, -0.2) is 29.5 Å². The Morgan fingerprint density at radius 2 is 1.93 bits per heavy atom. The van der Waals surface area contributed by atoms with E-state index in [1.807, 2.05) is 5.32 Å². The Morgan fingerprint density at radius 1 is 1.19 bits per heavy atom. The van der Waals surface area contributed by atoms with Crippen LogP contribution in [0.3, 0.4) is 0 Å². The van der Waals surface area contributed by atoms with Gasteiger partial charge in [-0.1, -0.05) is 0 Å². The molecule has 0 saturated heterocycles. The second-order valence-corrected chi connectivity index (χ2v) is 6.96. The third-order valence-corrected chi connectivity index (χ3v) is 4.91. The summed E-state index contributed by atoms with van der Waals surface area (Å²) in [4.78, 5) is 26.7. The van der Waals surface area contributed by atoms with Crippen LogP contribution in [0.2, 0.25) is 0 Å². The molecule has 0 aliphatic heterocycles. The molecular formula is C19H22F3N3O2. The standard InChI is InChI=1S/C19H22F3N3O2/c20-19(21,22)10-24-16(26)7-3-4-11-8-12(18(23)27)9-14-13-5-1-2-6-15(13)25-17(11)14/h8-9,25H,1-7,10H2,(H2,23,27)(H,24,26). The largest absolute Gasteiger partial charge is 0.405 e. The zero-order valence-corrected chi connectivity index (χ0v) is 14.8. The Bertz CT molecular complexity index is 871. The number of hydrogen-bond donors (Lipinski definition) is 3. The molecule has 1 aromatic heterocycles. The average Bonchev–Trinajstić information content (AvgIpc) is 2.98. The fourth-order valence-electron chi connectivity index (χ4n) is 3.65. The van der Waals surface area contributed by atoms with Crippen molar-refractivity contribution in [3.8, 4) is 0 Å². The number of benzene rings is 1. The molecule has 0 bridgehead atoms. The van der Waals surface area contributed by atoms with Crippen molar-refractivity contribution in [3.63, 3.8) is 0 Å². The molecule has 0 unspecified atom stereocenters. The number of carbonyl (C=O) groups is 2. The lowest BCUT2D eigenvalue weighted by molar-refractivity contribution is -0.138. The number of hydrogen-bond acceptors (Lipinski definition) is 2. The second-order valence-electron chi connectivity index (χ2n) is 6.96. The van der Waals surface area contributed by atoms with Gasteiger partial charge in [0.2, 0.25) is 11.8 Å². The van der Waals surface area contributed by atoms with Crippen molar-refractivity contribution in [2.24, 2.45) is 5.73 Å². The summed E-state index contributed by atoms with van der Waals surface area (Å²) in [5.41, 5.74) is 10.0. The van der Waals surface area contributed by atoms with Gasteiger partial charge in [-0.25, -0.2) is 0 Å². The predicted octanol–water partition coefficient (Wildman–Crippen LogP) is 3.15. The number of amides is 2. The van der Waals surface area contributed by atoms with Gasteiger partial charge >= 0.3 is 6.18 Å². The molecule has 0 saturated carbocycles. The van der Waals surface area contributed by atoms with E-state index in [1.54, 1.807) is 12.1 Å². The molecule has 2 aromatic rings. The van der Waals surface area contributed by atoms with Crippen LogP contribution >= 0.6 is 0 Å². The third-order valence-electron chi connectivity index (χ3n) is 4.91. The molecule has 3 rings (SSSR count). The number of rotatable bonds is 6. The van der Waals surface area contributed by atoms with E-state index >= 15 is 0 Å².